The SMILES string of the molecule is CCOC(=O)N1CCN([C@H]2c3ccccc3C(=O)N2CCN2C(=O)c3ccccc3[C@H]2N2CCN(C(=O)OCC)CC2)CC1. The molecular weight excluding hydrogens is 564 g/mol. The normalized spacial score (nSPS) is 22.3. The van der Waals surface area contributed by atoms with Crippen LogP contribution in [-0.4, -0.2) is 132 Å². The monoisotopic (exact) mass is 604 g/mol. The first-order valence-electron chi connectivity index (χ1n) is 15.5. The van der Waals surface area contributed by atoms with Gasteiger partial charge in [0.1, 0.15) is 12.3 Å². The maximum Gasteiger partial charge on any atom is 0.409 e. The molecule has 234 valence electrons. The number of hydrogen-bond acceptors (Lipinski definition) is 8. The molecule has 2 fully saturated rings. The minimum absolute atomic E-state index is 0.0535. The second kappa shape index (κ2) is 12.8. The van der Waals surface area contributed by atoms with E-state index in [1.807, 2.05) is 58.3 Å². The largest absolute Gasteiger partial charge is 0.450 e. The van der Waals surface area contributed by atoms with E-state index in [2.05, 4.69) is 9.80 Å². The quantitative estimate of drug-likeness (QED) is 0.475. The van der Waals surface area contributed by atoms with Crippen molar-refractivity contribution in [2.24, 2.45) is 0 Å². The number of fused-ring (bicyclic) bond motifs is 2. The van der Waals surface area contributed by atoms with Gasteiger partial charge in [0.15, 0.2) is 0 Å². The van der Waals surface area contributed by atoms with Gasteiger partial charge in [-0.1, -0.05) is 36.4 Å². The Balaban J connectivity index is 1.20. The molecule has 44 heavy (non-hydrogen) atoms. The van der Waals surface area contributed by atoms with Gasteiger partial charge in [-0.2, -0.15) is 0 Å². The van der Waals surface area contributed by atoms with Gasteiger partial charge in [-0.05, 0) is 26.0 Å². The first-order chi connectivity index (χ1) is 21.4. The number of carbonyl (C=O) groups is 4. The molecule has 2 aromatic carbocycles. The lowest BCUT2D eigenvalue weighted by Crippen LogP contribution is -2.54. The lowest BCUT2D eigenvalue weighted by molar-refractivity contribution is -0.00334. The van der Waals surface area contributed by atoms with Crippen molar-refractivity contribution in [3.05, 3.63) is 70.8 Å². The standard InChI is InChI=1S/C32H40N6O6/c1-3-43-31(41)35-17-13-33(14-18-35)27-23-9-5-7-11-25(23)29(39)37(27)21-22-38-28(24-10-6-8-12-26(24)30(38)40)34-15-19-36(20-16-34)32(42)44-4-2/h5-12,27-28H,3-4,13-22H2,1-2H3/t27-,28+. The van der Waals surface area contributed by atoms with Crippen LogP contribution in [0.4, 0.5) is 9.59 Å². The van der Waals surface area contributed by atoms with Crippen molar-refractivity contribution >= 4 is 24.0 Å². The van der Waals surface area contributed by atoms with E-state index in [1.165, 1.54) is 0 Å². The maximum absolute atomic E-state index is 13.8. The van der Waals surface area contributed by atoms with Crippen LogP contribution in [0.25, 0.3) is 0 Å². The minimum Gasteiger partial charge on any atom is -0.450 e. The predicted molar refractivity (Wildman–Crippen MR) is 161 cm³/mol. The number of hydrogen-bond donors (Lipinski definition) is 0. The molecule has 0 bridgehead atoms. The van der Waals surface area contributed by atoms with E-state index in [1.54, 1.807) is 23.6 Å². The van der Waals surface area contributed by atoms with Gasteiger partial charge < -0.3 is 29.1 Å². The Bertz CT molecular complexity index is 1300. The Morgan fingerprint density at radius 2 is 0.977 bits per heavy atom. The summed E-state index contributed by atoms with van der Waals surface area (Å²) >= 11 is 0. The number of ether oxygens (including phenoxy) is 2. The second-order valence-corrected chi connectivity index (χ2v) is 11.4. The summed E-state index contributed by atoms with van der Waals surface area (Å²) < 4.78 is 10.4. The van der Waals surface area contributed by atoms with E-state index in [0.29, 0.717) is 89.8 Å². The van der Waals surface area contributed by atoms with E-state index < -0.39 is 0 Å². The fourth-order valence-corrected chi connectivity index (χ4v) is 6.88. The zero-order chi connectivity index (χ0) is 30.8. The summed E-state index contributed by atoms with van der Waals surface area (Å²) in [6.07, 6.45) is -1.19. The van der Waals surface area contributed by atoms with Crippen molar-refractivity contribution in [2.75, 3.05) is 78.7 Å². The molecule has 0 radical (unpaired) electrons. The summed E-state index contributed by atoms with van der Waals surface area (Å²) in [5.41, 5.74) is 3.25. The Labute approximate surface area is 257 Å². The highest BCUT2D eigenvalue weighted by molar-refractivity contribution is 6.00. The molecule has 12 nitrogen and oxygen atoms in total. The van der Waals surface area contributed by atoms with Gasteiger partial charge >= 0.3 is 12.2 Å². The van der Waals surface area contributed by atoms with Crippen LogP contribution in [0.1, 0.15) is 58.0 Å². The van der Waals surface area contributed by atoms with E-state index in [4.69, 9.17) is 9.47 Å². The van der Waals surface area contributed by atoms with Crippen LogP contribution >= 0.6 is 0 Å². The van der Waals surface area contributed by atoms with Gasteiger partial charge in [0.2, 0.25) is 0 Å². The molecule has 0 unspecified atom stereocenters. The molecule has 0 N–H and O–H groups in total. The van der Waals surface area contributed by atoms with Crippen molar-refractivity contribution in [2.45, 2.75) is 26.2 Å². The Kier molecular flexibility index (Phi) is 8.72. The molecular formula is C32H40N6O6. The topological polar surface area (TPSA) is 106 Å². The van der Waals surface area contributed by atoms with Crippen molar-refractivity contribution in [1.82, 2.24) is 29.4 Å². The molecule has 0 saturated carbocycles. The molecule has 0 spiro atoms. The molecule has 6 rings (SSSR count). The van der Waals surface area contributed by atoms with Gasteiger partial charge in [-0.3, -0.25) is 19.4 Å². The van der Waals surface area contributed by atoms with Crippen LogP contribution in [0.3, 0.4) is 0 Å². The molecule has 4 heterocycles. The summed E-state index contributed by atoms with van der Waals surface area (Å²) in [7, 11) is 0. The second-order valence-electron chi connectivity index (χ2n) is 11.4. The van der Waals surface area contributed by atoms with Crippen molar-refractivity contribution in [3.63, 3.8) is 0 Å². The molecule has 2 saturated heterocycles. The average Bonchev–Trinajstić information content (AvgIpc) is 3.50. The van der Waals surface area contributed by atoms with Gasteiger partial charge in [-0.15, -0.1) is 0 Å². The third kappa shape index (κ3) is 5.48. The van der Waals surface area contributed by atoms with E-state index in [9.17, 15) is 19.2 Å². The van der Waals surface area contributed by atoms with Crippen molar-refractivity contribution in [3.8, 4) is 0 Å². The highest BCUT2D eigenvalue weighted by atomic mass is 16.6. The average molecular weight is 605 g/mol. The summed E-state index contributed by atoms with van der Waals surface area (Å²) in [6.45, 7) is 9.42. The van der Waals surface area contributed by atoms with Crippen LogP contribution in [0.15, 0.2) is 48.5 Å². The molecule has 0 aromatic heterocycles. The van der Waals surface area contributed by atoms with Gasteiger partial charge in [0, 0.05) is 87.7 Å². The number of rotatable bonds is 7. The molecule has 0 aliphatic carbocycles. The Hall–Kier alpha value is -4.16. The lowest BCUT2D eigenvalue weighted by atomic mass is 10.1. The fraction of sp³-hybridized carbons (Fsp3) is 0.500. The summed E-state index contributed by atoms with van der Waals surface area (Å²) in [6, 6.07) is 15.4. The molecule has 12 heteroatoms. The van der Waals surface area contributed by atoms with Crippen LogP contribution < -0.4 is 0 Å². The number of nitrogens with zero attached hydrogens (tertiary/aromatic N) is 6. The van der Waals surface area contributed by atoms with Crippen LogP contribution in [-0.2, 0) is 9.47 Å². The Morgan fingerprint density at radius 3 is 1.34 bits per heavy atom. The van der Waals surface area contributed by atoms with E-state index >= 15 is 0 Å². The number of piperazine rings is 2. The Morgan fingerprint density at radius 1 is 0.614 bits per heavy atom. The van der Waals surface area contributed by atoms with E-state index in [0.717, 1.165) is 11.1 Å². The van der Waals surface area contributed by atoms with E-state index in [-0.39, 0.29) is 36.3 Å². The molecule has 4 aliphatic heterocycles. The first kappa shape index (κ1) is 29.9. The lowest BCUT2D eigenvalue weighted by Gasteiger charge is -2.43. The summed E-state index contributed by atoms with van der Waals surface area (Å²) in [5, 5.41) is 0. The third-order valence-corrected chi connectivity index (χ3v) is 9.01. The number of amides is 4. The molecule has 2 aromatic rings. The van der Waals surface area contributed by atoms with Gasteiger partial charge in [-0.25, -0.2) is 9.59 Å². The van der Waals surface area contributed by atoms with Crippen LogP contribution in [0.2, 0.25) is 0 Å². The number of benzene rings is 2. The number of carbonyl (C=O) groups excluding carboxylic acids is 4. The summed E-state index contributed by atoms with van der Waals surface area (Å²) in [5.74, 6) is -0.107. The smallest absolute Gasteiger partial charge is 0.409 e. The highest BCUT2D eigenvalue weighted by Gasteiger charge is 2.44. The van der Waals surface area contributed by atoms with Gasteiger partial charge in [0.25, 0.3) is 11.8 Å². The van der Waals surface area contributed by atoms with Gasteiger partial charge in [0.05, 0.1) is 13.2 Å². The molecule has 4 amide bonds. The minimum atomic E-state index is -0.312. The predicted octanol–water partition coefficient (Wildman–Crippen LogP) is 2.84. The zero-order valence-electron chi connectivity index (χ0n) is 25.4. The summed E-state index contributed by atoms with van der Waals surface area (Å²) in [4.78, 5) is 63.9. The molecule has 4 aliphatic rings. The maximum atomic E-state index is 13.8. The third-order valence-electron chi connectivity index (χ3n) is 9.01. The van der Waals surface area contributed by atoms with Crippen LogP contribution in [0, 0.1) is 0 Å². The van der Waals surface area contributed by atoms with Crippen molar-refractivity contribution in [1.29, 1.82) is 0 Å². The zero-order valence-corrected chi connectivity index (χ0v) is 25.4. The highest BCUT2D eigenvalue weighted by Crippen LogP contribution is 2.39. The van der Waals surface area contributed by atoms with Crippen LogP contribution in [0.5, 0.6) is 0 Å². The van der Waals surface area contributed by atoms with Crippen molar-refractivity contribution < 1.29 is 28.7 Å². The fourth-order valence-electron chi connectivity index (χ4n) is 6.88. The molecule has 2 atom stereocenters. The first-order valence-corrected chi connectivity index (χ1v) is 15.5.